The van der Waals surface area contributed by atoms with Gasteiger partial charge in [0.25, 0.3) is 5.91 Å². The molecule has 2 aliphatic heterocycles. The second-order valence-corrected chi connectivity index (χ2v) is 11.1. The van der Waals surface area contributed by atoms with Crippen LogP contribution in [0.1, 0.15) is 61.7 Å². The molecule has 2 heterocycles. The quantitative estimate of drug-likeness (QED) is 0.751. The van der Waals surface area contributed by atoms with Crippen molar-refractivity contribution in [1.82, 2.24) is 9.21 Å². The lowest BCUT2D eigenvalue weighted by Gasteiger charge is -2.44. The Balaban J connectivity index is 1.73. The second kappa shape index (κ2) is 8.26. The highest BCUT2D eigenvalue weighted by Gasteiger charge is 2.37. The molecule has 0 aromatic heterocycles. The molecule has 7 heteroatoms. The van der Waals surface area contributed by atoms with E-state index in [4.69, 9.17) is 0 Å². The molecule has 0 N–H and O–H groups in total. The van der Waals surface area contributed by atoms with Crippen molar-refractivity contribution in [3.63, 3.8) is 0 Å². The Labute approximate surface area is 174 Å². The van der Waals surface area contributed by atoms with Crippen LogP contribution in [-0.4, -0.2) is 63.3 Å². The topological polar surface area (TPSA) is 60.9 Å². The van der Waals surface area contributed by atoms with Gasteiger partial charge in [0, 0.05) is 45.5 Å². The van der Waals surface area contributed by atoms with E-state index in [1.165, 1.54) is 44.1 Å². The predicted molar refractivity (Wildman–Crippen MR) is 115 cm³/mol. The lowest BCUT2D eigenvalue weighted by Crippen LogP contribution is -2.50. The van der Waals surface area contributed by atoms with Gasteiger partial charge in [-0.3, -0.25) is 4.79 Å². The summed E-state index contributed by atoms with van der Waals surface area (Å²) in [4.78, 5) is 18.3. The second-order valence-electron chi connectivity index (χ2n) is 8.91. The first-order valence-corrected chi connectivity index (χ1v) is 12.5. The Morgan fingerprint density at radius 2 is 1.66 bits per heavy atom. The van der Waals surface area contributed by atoms with Crippen LogP contribution < -0.4 is 4.90 Å². The number of hydrogen-bond donors (Lipinski definition) is 0. The van der Waals surface area contributed by atoms with Crippen molar-refractivity contribution in [1.29, 1.82) is 0 Å². The fourth-order valence-electron chi connectivity index (χ4n) is 5.32. The number of nitrogens with zero attached hydrogens (tertiary/aromatic N) is 3. The van der Waals surface area contributed by atoms with Crippen molar-refractivity contribution < 1.29 is 13.2 Å². The normalized spacial score (nSPS) is 25.3. The van der Waals surface area contributed by atoms with Gasteiger partial charge in [-0.2, -0.15) is 0 Å². The number of carbonyl (C=O) groups excluding carboxylic acids is 1. The van der Waals surface area contributed by atoms with Gasteiger partial charge < -0.3 is 9.80 Å². The van der Waals surface area contributed by atoms with E-state index in [1.54, 1.807) is 12.1 Å². The zero-order valence-electron chi connectivity index (χ0n) is 17.6. The fourth-order valence-corrected chi connectivity index (χ4v) is 6.25. The van der Waals surface area contributed by atoms with Crippen LogP contribution in [0.5, 0.6) is 0 Å². The summed E-state index contributed by atoms with van der Waals surface area (Å²) in [5, 5.41) is 0. The molecule has 3 fully saturated rings. The molecular weight excluding hydrogens is 386 g/mol. The average molecular weight is 420 g/mol. The molecule has 1 aromatic carbocycles. The Morgan fingerprint density at radius 3 is 2.38 bits per heavy atom. The van der Waals surface area contributed by atoms with E-state index in [1.807, 2.05) is 6.07 Å². The molecule has 2 saturated heterocycles. The van der Waals surface area contributed by atoms with E-state index in [-0.39, 0.29) is 10.8 Å². The lowest BCUT2D eigenvalue weighted by atomic mass is 9.78. The summed E-state index contributed by atoms with van der Waals surface area (Å²) >= 11 is 0. The molecule has 0 bridgehead atoms. The summed E-state index contributed by atoms with van der Waals surface area (Å²) in [7, 11) is -0.523. The molecule has 29 heavy (non-hydrogen) atoms. The Kier molecular flexibility index (Phi) is 5.89. The maximum atomic E-state index is 13.8. The number of rotatable bonds is 4. The molecule has 1 aliphatic carbocycles. The van der Waals surface area contributed by atoms with Gasteiger partial charge in [0.05, 0.1) is 10.5 Å². The van der Waals surface area contributed by atoms with Crippen LogP contribution in [0.25, 0.3) is 0 Å². The van der Waals surface area contributed by atoms with Crippen LogP contribution in [-0.2, 0) is 10.0 Å². The van der Waals surface area contributed by atoms with Crippen molar-refractivity contribution in [3.05, 3.63) is 23.8 Å². The first-order chi connectivity index (χ1) is 13.9. The fraction of sp³-hybridized carbons (Fsp3) is 0.682. The van der Waals surface area contributed by atoms with Crippen LogP contribution >= 0.6 is 0 Å². The van der Waals surface area contributed by atoms with Crippen molar-refractivity contribution in [2.45, 2.75) is 62.3 Å². The minimum absolute atomic E-state index is 0.0132. The number of piperidine rings is 1. The first-order valence-electron chi connectivity index (χ1n) is 11.0. The van der Waals surface area contributed by atoms with E-state index in [2.05, 4.69) is 9.80 Å². The minimum Gasteiger partial charge on any atom is -0.371 e. The summed E-state index contributed by atoms with van der Waals surface area (Å²) in [6.07, 6.45) is 9.20. The molecule has 0 spiro atoms. The summed E-state index contributed by atoms with van der Waals surface area (Å²) in [6, 6.07) is 5.43. The molecule has 4 rings (SSSR count). The molecule has 6 nitrogen and oxygen atoms in total. The van der Waals surface area contributed by atoms with Gasteiger partial charge in [-0.1, -0.05) is 12.8 Å². The monoisotopic (exact) mass is 419 g/mol. The highest BCUT2D eigenvalue weighted by molar-refractivity contribution is 7.89. The maximum Gasteiger partial charge on any atom is 0.256 e. The van der Waals surface area contributed by atoms with Crippen LogP contribution in [0, 0.1) is 5.92 Å². The number of sulfonamides is 1. The third-order valence-corrected chi connectivity index (χ3v) is 8.74. The largest absolute Gasteiger partial charge is 0.371 e. The van der Waals surface area contributed by atoms with Gasteiger partial charge in [-0.05, 0) is 62.6 Å². The number of fused-ring (bicyclic) bond motifs is 1. The predicted octanol–water partition coefficient (Wildman–Crippen LogP) is 3.33. The van der Waals surface area contributed by atoms with E-state index < -0.39 is 10.0 Å². The van der Waals surface area contributed by atoms with Gasteiger partial charge in [0.2, 0.25) is 10.0 Å². The van der Waals surface area contributed by atoms with E-state index in [0.717, 1.165) is 51.0 Å². The summed E-state index contributed by atoms with van der Waals surface area (Å²) in [6.45, 7) is 2.63. The van der Waals surface area contributed by atoms with Crippen molar-refractivity contribution in [2.24, 2.45) is 5.92 Å². The van der Waals surface area contributed by atoms with Gasteiger partial charge >= 0.3 is 0 Å². The summed E-state index contributed by atoms with van der Waals surface area (Å²) in [5.74, 6) is 0.615. The third-order valence-electron chi connectivity index (χ3n) is 6.93. The zero-order valence-corrected chi connectivity index (χ0v) is 18.5. The van der Waals surface area contributed by atoms with Crippen LogP contribution in [0.4, 0.5) is 5.69 Å². The van der Waals surface area contributed by atoms with Gasteiger partial charge in [0.15, 0.2) is 0 Å². The van der Waals surface area contributed by atoms with Gasteiger partial charge in [-0.25, -0.2) is 12.7 Å². The first kappa shape index (κ1) is 20.7. The molecule has 3 aliphatic rings. The molecular formula is C22H33N3O3S. The molecule has 1 aromatic rings. The highest BCUT2D eigenvalue weighted by atomic mass is 32.2. The SMILES string of the molecule is CN(C)S(=O)(=O)c1ccc(N2CCCC2)c(C(=O)N2CCC[C@H]3CCCC[C@@H]32)c1. The van der Waals surface area contributed by atoms with Crippen molar-refractivity contribution in [2.75, 3.05) is 38.6 Å². The zero-order chi connectivity index (χ0) is 20.6. The number of anilines is 1. The Hall–Kier alpha value is -1.60. The van der Waals surface area contributed by atoms with E-state index in [0.29, 0.717) is 17.5 Å². The number of carbonyl (C=O) groups is 1. The van der Waals surface area contributed by atoms with E-state index >= 15 is 0 Å². The number of likely N-dealkylation sites (tertiary alicyclic amines) is 1. The Bertz CT molecular complexity index is 860. The van der Waals surface area contributed by atoms with E-state index in [9.17, 15) is 13.2 Å². The van der Waals surface area contributed by atoms with Gasteiger partial charge in [-0.15, -0.1) is 0 Å². The number of amides is 1. The Morgan fingerprint density at radius 1 is 0.966 bits per heavy atom. The smallest absolute Gasteiger partial charge is 0.256 e. The van der Waals surface area contributed by atoms with Crippen LogP contribution in [0.3, 0.4) is 0 Å². The highest BCUT2D eigenvalue weighted by Crippen LogP contribution is 2.37. The average Bonchev–Trinajstić information content (AvgIpc) is 3.27. The molecule has 0 radical (unpaired) electrons. The lowest BCUT2D eigenvalue weighted by molar-refractivity contribution is 0.0391. The molecule has 0 unspecified atom stereocenters. The number of benzene rings is 1. The minimum atomic E-state index is -3.58. The standard InChI is InChI=1S/C22H33N3O3S/c1-23(2)29(27,28)18-11-12-21(24-13-5-6-14-24)19(16-18)22(26)25-15-7-9-17-8-3-4-10-20(17)25/h11-12,16-17,20H,3-10,13-15H2,1-2H3/t17-,20+/m1/s1. The molecule has 1 amide bonds. The molecule has 2 atom stereocenters. The van der Waals surface area contributed by atoms with Crippen molar-refractivity contribution >= 4 is 21.6 Å². The molecule has 160 valence electrons. The van der Waals surface area contributed by atoms with Gasteiger partial charge in [0.1, 0.15) is 0 Å². The maximum absolute atomic E-state index is 13.8. The van der Waals surface area contributed by atoms with Crippen LogP contribution in [0.15, 0.2) is 23.1 Å². The number of hydrogen-bond acceptors (Lipinski definition) is 4. The van der Waals surface area contributed by atoms with Crippen molar-refractivity contribution in [3.8, 4) is 0 Å². The third kappa shape index (κ3) is 3.91. The summed E-state index contributed by atoms with van der Waals surface area (Å²) < 4.78 is 26.7. The summed E-state index contributed by atoms with van der Waals surface area (Å²) in [5.41, 5.74) is 1.45. The van der Waals surface area contributed by atoms with Crippen LogP contribution in [0.2, 0.25) is 0 Å². The molecule has 1 saturated carbocycles.